The lowest BCUT2D eigenvalue weighted by Crippen LogP contribution is -2.43. The molecule has 35 heavy (non-hydrogen) atoms. The van der Waals surface area contributed by atoms with Crippen LogP contribution in [0.2, 0.25) is 0 Å². The van der Waals surface area contributed by atoms with Crippen LogP contribution in [0.3, 0.4) is 0 Å². The number of ether oxygens (including phenoxy) is 2. The van der Waals surface area contributed by atoms with Crippen LogP contribution in [0.4, 0.5) is 0 Å². The molecular formula is C26H28N4O5. The van der Waals surface area contributed by atoms with Crippen LogP contribution < -0.4 is 26.0 Å². The van der Waals surface area contributed by atoms with Gasteiger partial charge in [0.05, 0.1) is 31.5 Å². The quantitative estimate of drug-likeness (QED) is 0.481. The third-order valence-corrected chi connectivity index (χ3v) is 5.53. The van der Waals surface area contributed by atoms with E-state index in [1.54, 1.807) is 38.5 Å². The molecule has 0 radical (unpaired) electrons. The van der Waals surface area contributed by atoms with E-state index in [-0.39, 0.29) is 17.8 Å². The van der Waals surface area contributed by atoms with Crippen molar-refractivity contribution in [3.63, 3.8) is 0 Å². The highest BCUT2D eigenvalue weighted by atomic mass is 16.5. The van der Waals surface area contributed by atoms with Gasteiger partial charge in [0.2, 0.25) is 0 Å². The molecule has 0 aliphatic rings. The molecule has 1 heterocycles. The number of rotatable bonds is 10. The van der Waals surface area contributed by atoms with Gasteiger partial charge in [-0.15, -0.1) is 0 Å². The Balaban J connectivity index is 1.90. The highest BCUT2D eigenvalue weighted by Crippen LogP contribution is 2.27. The molecule has 3 aromatic rings. The molecule has 0 unspecified atom stereocenters. The summed E-state index contributed by atoms with van der Waals surface area (Å²) in [6.45, 7) is 2.62. The van der Waals surface area contributed by atoms with Crippen molar-refractivity contribution in [2.75, 3.05) is 20.8 Å². The number of methoxy groups -OCH3 is 2. The Labute approximate surface area is 203 Å². The smallest absolute Gasteiger partial charge is 0.335 e. The first-order valence-electron chi connectivity index (χ1n) is 11.3. The third kappa shape index (κ3) is 5.79. The number of hydrogen-bond acceptors (Lipinski definition) is 6. The number of benzene rings is 2. The Kier molecular flexibility index (Phi) is 8.46. The zero-order valence-electron chi connectivity index (χ0n) is 20.0. The normalized spacial score (nSPS) is 10.5. The van der Waals surface area contributed by atoms with Gasteiger partial charge >= 0.3 is 5.69 Å². The summed E-state index contributed by atoms with van der Waals surface area (Å²) in [4.78, 5) is 39.3. The number of nitrogens with zero attached hydrogens (tertiary/aromatic N) is 3. The fourth-order valence-electron chi connectivity index (χ4n) is 3.64. The van der Waals surface area contributed by atoms with Crippen LogP contribution in [0.1, 0.15) is 41.3 Å². The number of aryl methyl sites for hydroxylation is 1. The fraction of sp³-hybridized carbons (Fsp3) is 0.308. The number of unbranched alkanes of at least 4 members (excludes halogenated alkanes) is 1. The van der Waals surface area contributed by atoms with Crippen molar-refractivity contribution in [1.82, 2.24) is 14.5 Å². The van der Waals surface area contributed by atoms with Crippen LogP contribution in [-0.4, -0.2) is 35.8 Å². The summed E-state index contributed by atoms with van der Waals surface area (Å²) in [7, 11) is 3.11. The molecule has 1 N–H and O–H groups in total. The second kappa shape index (κ2) is 11.7. The Bertz CT molecular complexity index is 1370. The van der Waals surface area contributed by atoms with Crippen LogP contribution in [0, 0.1) is 11.3 Å². The summed E-state index contributed by atoms with van der Waals surface area (Å²) in [5.74, 6) is 0.614. The zero-order valence-corrected chi connectivity index (χ0v) is 20.0. The van der Waals surface area contributed by atoms with Gasteiger partial charge in [-0.3, -0.25) is 14.2 Å². The molecule has 0 spiro atoms. The van der Waals surface area contributed by atoms with E-state index < -0.39 is 17.2 Å². The molecule has 0 atom stereocenters. The van der Waals surface area contributed by atoms with Gasteiger partial charge < -0.3 is 14.8 Å². The van der Waals surface area contributed by atoms with Gasteiger partial charge in [0.1, 0.15) is 5.56 Å². The Morgan fingerprint density at radius 1 is 1.09 bits per heavy atom. The minimum atomic E-state index is -0.735. The Morgan fingerprint density at radius 3 is 2.54 bits per heavy atom. The van der Waals surface area contributed by atoms with Crippen LogP contribution in [0.15, 0.2) is 58.3 Å². The van der Waals surface area contributed by atoms with Gasteiger partial charge in [-0.05, 0) is 48.7 Å². The first-order chi connectivity index (χ1) is 16.9. The van der Waals surface area contributed by atoms with Crippen molar-refractivity contribution in [2.45, 2.75) is 32.7 Å². The summed E-state index contributed by atoms with van der Waals surface area (Å²) in [6, 6.07) is 13.7. The molecule has 9 nitrogen and oxygen atoms in total. The van der Waals surface area contributed by atoms with Crippen molar-refractivity contribution in [1.29, 1.82) is 5.26 Å². The first-order valence-corrected chi connectivity index (χ1v) is 11.3. The van der Waals surface area contributed by atoms with Gasteiger partial charge in [0.25, 0.3) is 11.5 Å². The lowest BCUT2D eigenvalue weighted by atomic mass is 10.1. The number of carbonyl (C=O) groups excluding carboxylic acids is 1. The summed E-state index contributed by atoms with van der Waals surface area (Å²) in [6.07, 6.45) is 3.36. The van der Waals surface area contributed by atoms with Crippen molar-refractivity contribution < 1.29 is 14.3 Å². The van der Waals surface area contributed by atoms with E-state index in [9.17, 15) is 19.6 Å². The molecule has 3 rings (SSSR count). The Hall–Kier alpha value is -4.32. The van der Waals surface area contributed by atoms with Crippen molar-refractivity contribution in [3.05, 3.63) is 86.2 Å². The minimum absolute atomic E-state index is 0.143. The summed E-state index contributed by atoms with van der Waals surface area (Å²) >= 11 is 0. The van der Waals surface area contributed by atoms with E-state index in [1.165, 1.54) is 16.8 Å². The molecule has 1 amide bonds. The fourth-order valence-corrected chi connectivity index (χ4v) is 3.64. The maximum atomic E-state index is 13.2. The number of nitrogens with one attached hydrogen (secondary N) is 1. The molecule has 9 heteroatoms. The summed E-state index contributed by atoms with van der Waals surface area (Å²) in [5.41, 5.74) is 0.0294. The number of aromatic nitrogens is 2. The van der Waals surface area contributed by atoms with E-state index >= 15 is 0 Å². The van der Waals surface area contributed by atoms with E-state index in [0.717, 1.165) is 16.6 Å². The molecule has 182 valence electrons. The van der Waals surface area contributed by atoms with Crippen LogP contribution >= 0.6 is 0 Å². The largest absolute Gasteiger partial charge is 0.493 e. The molecule has 2 aromatic carbocycles. The van der Waals surface area contributed by atoms with Crippen molar-refractivity contribution in [3.8, 4) is 23.3 Å². The summed E-state index contributed by atoms with van der Waals surface area (Å²) < 4.78 is 12.9. The third-order valence-electron chi connectivity index (χ3n) is 5.53. The van der Waals surface area contributed by atoms with Gasteiger partial charge in [-0.1, -0.05) is 25.5 Å². The van der Waals surface area contributed by atoms with E-state index in [4.69, 9.17) is 9.47 Å². The van der Waals surface area contributed by atoms with Gasteiger partial charge in [0.15, 0.2) is 11.5 Å². The van der Waals surface area contributed by atoms with Crippen LogP contribution in [-0.2, 0) is 13.0 Å². The van der Waals surface area contributed by atoms with E-state index in [2.05, 4.69) is 5.32 Å². The lowest BCUT2D eigenvalue weighted by molar-refractivity contribution is 0.0951. The highest BCUT2D eigenvalue weighted by Gasteiger charge is 2.18. The minimum Gasteiger partial charge on any atom is -0.493 e. The highest BCUT2D eigenvalue weighted by molar-refractivity contribution is 5.93. The van der Waals surface area contributed by atoms with Crippen LogP contribution in [0.25, 0.3) is 5.69 Å². The SMILES string of the molecule is CCCCn1cc(C(=O)NCCc2ccc(OC)c(OC)c2)c(=O)n(-c2cccc(C#N)c2)c1=O. The number of hydrogen-bond donors (Lipinski definition) is 1. The lowest BCUT2D eigenvalue weighted by Gasteiger charge is -2.14. The van der Waals surface area contributed by atoms with Crippen molar-refractivity contribution in [2.24, 2.45) is 0 Å². The second-order valence-corrected chi connectivity index (χ2v) is 7.87. The van der Waals surface area contributed by atoms with Gasteiger partial charge in [0, 0.05) is 19.3 Å². The molecule has 1 aromatic heterocycles. The van der Waals surface area contributed by atoms with Gasteiger partial charge in [-0.2, -0.15) is 5.26 Å². The predicted molar refractivity (Wildman–Crippen MR) is 132 cm³/mol. The molecule has 0 bridgehead atoms. The Morgan fingerprint density at radius 2 is 1.86 bits per heavy atom. The van der Waals surface area contributed by atoms with Crippen molar-refractivity contribution >= 4 is 5.91 Å². The predicted octanol–water partition coefficient (Wildman–Crippen LogP) is 2.66. The molecule has 0 fully saturated rings. The second-order valence-electron chi connectivity index (χ2n) is 7.87. The number of amides is 1. The summed E-state index contributed by atoms with van der Waals surface area (Å²) in [5, 5.41) is 12.0. The van der Waals surface area contributed by atoms with E-state index in [1.807, 2.05) is 25.1 Å². The van der Waals surface area contributed by atoms with Crippen LogP contribution in [0.5, 0.6) is 11.5 Å². The monoisotopic (exact) mass is 476 g/mol. The molecular weight excluding hydrogens is 448 g/mol. The standard InChI is InChI=1S/C26H28N4O5/c1-4-5-13-29-17-21(25(32)30(26(29)33)20-8-6-7-19(14-20)16-27)24(31)28-12-11-18-9-10-22(34-2)23(15-18)35-3/h6-10,14-15,17H,4-5,11-13H2,1-3H3,(H,28,31). The maximum Gasteiger partial charge on any atom is 0.335 e. The maximum absolute atomic E-state index is 13.2. The molecule has 0 saturated heterocycles. The zero-order chi connectivity index (χ0) is 25.4. The average Bonchev–Trinajstić information content (AvgIpc) is 2.88. The topological polar surface area (TPSA) is 115 Å². The number of carbonyl (C=O) groups is 1. The average molecular weight is 477 g/mol. The van der Waals surface area contributed by atoms with E-state index in [0.29, 0.717) is 36.4 Å². The molecule has 0 saturated carbocycles. The number of nitriles is 1. The first kappa shape index (κ1) is 25.3. The molecule has 0 aliphatic heterocycles. The molecule has 0 aliphatic carbocycles. The van der Waals surface area contributed by atoms with Gasteiger partial charge in [-0.25, -0.2) is 9.36 Å².